The maximum absolute atomic E-state index is 12.3. The SMILES string of the molecule is C=C(c1ccc(C(N)=O)cc1)c1c(N)ncnc1N[C@@H]1CCN(C(=O)/C=C/CNC)C1. The molecule has 2 aromatic rings. The van der Waals surface area contributed by atoms with E-state index in [9.17, 15) is 9.59 Å². The van der Waals surface area contributed by atoms with E-state index in [1.54, 1.807) is 41.3 Å². The number of amides is 2. The maximum Gasteiger partial charge on any atom is 0.248 e. The fourth-order valence-corrected chi connectivity index (χ4v) is 3.44. The number of benzene rings is 1. The standard InChI is InChI=1S/C22H27N7O2/c1-14(15-5-7-16(8-6-15)21(24)31)19-20(23)26-13-27-22(19)28-17-9-11-29(12-17)18(30)4-3-10-25-2/h3-8,13,17,25H,1,9-12H2,2H3,(H2,24,31)(H3,23,26,27,28)/b4-3+/t17-/m1/s1. The van der Waals surface area contributed by atoms with Crippen LogP contribution in [-0.4, -0.2) is 59.4 Å². The lowest BCUT2D eigenvalue weighted by Gasteiger charge is -2.19. The van der Waals surface area contributed by atoms with E-state index >= 15 is 0 Å². The van der Waals surface area contributed by atoms with Crippen molar-refractivity contribution >= 4 is 29.0 Å². The first-order valence-corrected chi connectivity index (χ1v) is 9.97. The Kier molecular flexibility index (Phi) is 6.99. The Labute approximate surface area is 181 Å². The molecule has 1 atom stereocenters. The normalized spacial score (nSPS) is 15.9. The van der Waals surface area contributed by atoms with Crippen LogP contribution in [-0.2, 0) is 4.79 Å². The predicted octanol–water partition coefficient (Wildman–Crippen LogP) is 1.01. The Bertz CT molecular complexity index is 1000. The highest BCUT2D eigenvalue weighted by Gasteiger charge is 2.26. The first-order chi connectivity index (χ1) is 14.9. The summed E-state index contributed by atoms with van der Waals surface area (Å²) in [5, 5.41) is 6.36. The lowest BCUT2D eigenvalue weighted by molar-refractivity contribution is -0.125. The lowest BCUT2D eigenvalue weighted by Crippen LogP contribution is -2.31. The van der Waals surface area contributed by atoms with Gasteiger partial charge in [0.25, 0.3) is 0 Å². The van der Waals surface area contributed by atoms with Crippen LogP contribution in [0.3, 0.4) is 0 Å². The van der Waals surface area contributed by atoms with Gasteiger partial charge in [-0.05, 0) is 36.7 Å². The number of hydrogen-bond donors (Lipinski definition) is 4. The molecule has 2 amide bonds. The van der Waals surface area contributed by atoms with Crippen molar-refractivity contribution in [1.29, 1.82) is 0 Å². The van der Waals surface area contributed by atoms with Crippen LogP contribution >= 0.6 is 0 Å². The third-order valence-corrected chi connectivity index (χ3v) is 5.12. The first kappa shape index (κ1) is 22.0. The van der Waals surface area contributed by atoms with Gasteiger partial charge in [0, 0.05) is 37.3 Å². The van der Waals surface area contributed by atoms with Gasteiger partial charge in [-0.15, -0.1) is 0 Å². The minimum absolute atomic E-state index is 0.0130. The Hall–Kier alpha value is -3.72. The number of nitrogens with one attached hydrogen (secondary N) is 2. The summed E-state index contributed by atoms with van der Waals surface area (Å²) in [6.07, 6.45) is 5.57. The van der Waals surface area contributed by atoms with Gasteiger partial charge in [-0.1, -0.05) is 24.8 Å². The second-order valence-electron chi connectivity index (χ2n) is 7.28. The summed E-state index contributed by atoms with van der Waals surface area (Å²) in [4.78, 5) is 33.9. The number of primary amides is 1. The molecule has 162 valence electrons. The molecule has 0 radical (unpaired) electrons. The molecule has 31 heavy (non-hydrogen) atoms. The highest BCUT2D eigenvalue weighted by molar-refractivity contribution is 5.94. The van der Waals surface area contributed by atoms with Crippen molar-refractivity contribution in [3.63, 3.8) is 0 Å². The molecule has 1 aromatic carbocycles. The molecule has 0 bridgehead atoms. The molecule has 1 saturated heterocycles. The molecule has 1 aromatic heterocycles. The highest BCUT2D eigenvalue weighted by Crippen LogP contribution is 2.31. The van der Waals surface area contributed by atoms with Gasteiger partial charge >= 0.3 is 0 Å². The van der Waals surface area contributed by atoms with Gasteiger partial charge in [0.2, 0.25) is 11.8 Å². The molecule has 0 spiro atoms. The molecule has 0 saturated carbocycles. The van der Waals surface area contributed by atoms with Crippen LogP contribution in [0.4, 0.5) is 11.6 Å². The topological polar surface area (TPSA) is 139 Å². The largest absolute Gasteiger partial charge is 0.383 e. The lowest BCUT2D eigenvalue weighted by atomic mass is 9.98. The van der Waals surface area contributed by atoms with E-state index in [-0.39, 0.29) is 11.9 Å². The van der Waals surface area contributed by atoms with E-state index in [0.29, 0.717) is 48.0 Å². The zero-order valence-electron chi connectivity index (χ0n) is 17.5. The molecule has 2 heterocycles. The number of aromatic nitrogens is 2. The number of nitrogen functional groups attached to an aromatic ring is 1. The molecule has 3 rings (SSSR count). The molecule has 9 heteroatoms. The van der Waals surface area contributed by atoms with Gasteiger partial charge in [0.05, 0.1) is 5.56 Å². The summed E-state index contributed by atoms with van der Waals surface area (Å²) < 4.78 is 0. The summed E-state index contributed by atoms with van der Waals surface area (Å²) in [5.74, 6) is 0.341. The summed E-state index contributed by atoms with van der Waals surface area (Å²) >= 11 is 0. The van der Waals surface area contributed by atoms with Crippen LogP contribution in [0.5, 0.6) is 0 Å². The summed E-state index contributed by atoms with van der Waals surface area (Å²) in [6, 6.07) is 6.81. The van der Waals surface area contributed by atoms with Crippen LogP contribution in [0.25, 0.3) is 5.57 Å². The van der Waals surface area contributed by atoms with Crippen molar-refractivity contribution in [2.24, 2.45) is 5.73 Å². The van der Waals surface area contributed by atoms with E-state index in [4.69, 9.17) is 11.5 Å². The fourth-order valence-electron chi connectivity index (χ4n) is 3.44. The second-order valence-corrected chi connectivity index (χ2v) is 7.28. The number of likely N-dealkylation sites (tertiary alicyclic amines) is 1. The number of hydrogen-bond acceptors (Lipinski definition) is 7. The van der Waals surface area contributed by atoms with Gasteiger partial charge in [-0.3, -0.25) is 9.59 Å². The van der Waals surface area contributed by atoms with Crippen LogP contribution in [0, 0.1) is 0 Å². The van der Waals surface area contributed by atoms with Crippen molar-refractivity contribution in [3.05, 3.63) is 66.0 Å². The minimum Gasteiger partial charge on any atom is -0.383 e. The van der Waals surface area contributed by atoms with E-state index < -0.39 is 5.91 Å². The summed E-state index contributed by atoms with van der Waals surface area (Å²) in [6.45, 7) is 6.02. The third-order valence-electron chi connectivity index (χ3n) is 5.12. The van der Waals surface area contributed by atoms with Gasteiger partial charge in [-0.25, -0.2) is 9.97 Å². The van der Waals surface area contributed by atoms with E-state index in [0.717, 1.165) is 12.0 Å². The molecular weight excluding hydrogens is 394 g/mol. The maximum atomic E-state index is 12.3. The zero-order valence-corrected chi connectivity index (χ0v) is 17.5. The van der Waals surface area contributed by atoms with Gasteiger partial charge in [0.15, 0.2) is 0 Å². The predicted molar refractivity (Wildman–Crippen MR) is 121 cm³/mol. The average molecular weight is 422 g/mol. The molecule has 1 aliphatic heterocycles. The number of nitrogens with zero attached hydrogens (tertiary/aromatic N) is 3. The summed E-state index contributed by atoms with van der Waals surface area (Å²) in [7, 11) is 1.83. The first-order valence-electron chi connectivity index (χ1n) is 9.97. The fraction of sp³-hybridized carbons (Fsp3) is 0.273. The van der Waals surface area contributed by atoms with Crippen LogP contribution in [0.15, 0.2) is 49.3 Å². The Balaban J connectivity index is 1.75. The Morgan fingerprint density at radius 3 is 2.65 bits per heavy atom. The number of carbonyl (C=O) groups excluding carboxylic acids is 2. The van der Waals surface area contributed by atoms with E-state index in [2.05, 4.69) is 27.2 Å². The molecule has 0 aliphatic carbocycles. The number of nitrogens with two attached hydrogens (primary N) is 2. The number of anilines is 2. The average Bonchev–Trinajstić information content (AvgIpc) is 3.22. The number of rotatable bonds is 8. The number of carbonyl (C=O) groups is 2. The quantitative estimate of drug-likeness (QED) is 0.466. The second kappa shape index (κ2) is 9.86. The van der Waals surface area contributed by atoms with E-state index in [1.165, 1.54) is 6.33 Å². The molecular formula is C22H27N7O2. The van der Waals surface area contributed by atoms with Crippen molar-refractivity contribution in [2.75, 3.05) is 37.7 Å². The smallest absolute Gasteiger partial charge is 0.248 e. The molecule has 9 nitrogen and oxygen atoms in total. The third kappa shape index (κ3) is 5.26. The Morgan fingerprint density at radius 1 is 1.26 bits per heavy atom. The van der Waals surface area contributed by atoms with Crippen LogP contribution in [0.1, 0.15) is 27.9 Å². The minimum atomic E-state index is -0.497. The highest BCUT2D eigenvalue weighted by atomic mass is 16.2. The van der Waals surface area contributed by atoms with Crippen LogP contribution < -0.4 is 22.1 Å². The van der Waals surface area contributed by atoms with Gasteiger partial charge in [-0.2, -0.15) is 0 Å². The molecule has 0 unspecified atom stereocenters. The summed E-state index contributed by atoms with van der Waals surface area (Å²) in [5.41, 5.74) is 13.9. The molecule has 1 aliphatic rings. The Morgan fingerprint density at radius 2 is 1.97 bits per heavy atom. The molecule has 6 N–H and O–H groups in total. The van der Waals surface area contributed by atoms with Crippen LogP contribution in [0.2, 0.25) is 0 Å². The van der Waals surface area contributed by atoms with Crippen molar-refractivity contribution in [3.8, 4) is 0 Å². The molecule has 1 fully saturated rings. The van der Waals surface area contributed by atoms with Gasteiger partial charge in [0.1, 0.15) is 18.0 Å². The number of likely N-dealkylation sites (N-methyl/N-ethyl adjacent to an activating group) is 1. The monoisotopic (exact) mass is 421 g/mol. The zero-order chi connectivity index (χ0) is 22.4. The van der Waals surface area contributed by atoms with Crippen molar-refractivity contribution < 1.29 is 9.59 Å². The van der Waals surface area contributed by atoms with Crippen molar-refractivity contribution in [2.45, 2.75) is 12.5 Å². The van der Waals surface area contributed by atoms with E-state index in [1.807, 2.05) is 7.05 Å². The van der Waals surface area contributed by atoms with Crippen molar-refractivity contribution in [1.82, 2.24) is 20.2 Å². The van der Waals surface area contributed by atoms with Gasteiger partial charge < -0.3 is 27.0 Å².